The molecule has 3 fully saturated rings. The Kier molecular flexibility index (Phi) is 7.78. The van der Waals surface area contributed by atoms with E-state index in [-0.39, 0.29) is 0 Å². The first kappa shape index (κ1) is 25.9. The third-order valence-corrected chi connectivity index (χ3v) is 9.40. The number of nitrogens with one attached hydrogen (secondary N) is 2. The van der Waals surface area contributed by atoms with Gasteiger partial charge >= 0.3 is 0 Å². The molecule has 0 aromatic carbocycles. The lowest BCUT2D eigenvalue weighted by molar-refractivity contribution is 0.0631. The fourth-order valence-electron chi connectivity index (χ4n) is 6.23. The molecule has 3 aliphatic rings. The van der Waals surface area contributed by atoms with Crippen LogP contribution in [0.5, 0.6) is 0 Å². The number of nitrogens with zero attached hydrogens (tertiary/aromatic N) is 7. The number of fused-ring (bicyclic) bond motifs is 1. The molecule has 6 rings (SSSR count). The molecule has 3 aromatic heterocycles. The minimum Gasteiger partial charge on any atom is -0.381 e. The molecule has 1 aliphatic carbocycles. The summed E-state index contributed by atoms with van der Waals surface area (Å²) in [4.78, 5) is 16.0. The highest BCUT2D eigenvalue weighted by molar-refractivity contribution is 7.13. The van der Waals surface area contributed by atoms with Gasteiger partial charge < -0.3 is 15.4 Å². The second kappa shape index (κ2) is 11.4. The Morgan fingerprint density at radius 3 is 2.47 bits per heavy atom. The first-order valence-corrected chi connectivity index (χ1v) is 15.1. The summed E-state index contributed by atoms with van der Waals surface area (Å²) in [5.74, 6) is 1.49. The summed E-state index contributed by atoms with van der Waals surface area (Å²) in [5.41, 5.74) is 1.89. The molecule has 11 heteroatoms. The quantitative estimate of drug-likeness (QED) is 0.452. The average molecular weight is 540 g/mol. The second-order valence-corrected chi connectivity index (χ2v) is 12.1. The van der Waals surface area contributed by atoms with Gasteiger partial charge in [-0.1, -0.05) is 0 Å². The van der Waals surface area contributed by atoms with E-state index in [4.69, 9.17) is 14.7 Å². The average Bonchev–Trinajstić information content (AvgIpc) is 3.56. The van der Waals surface area contributed by atoms with Crippen LogP contribution in [0.3, 0.4) is 0 Å². The van der Waals surface area contributed by atoms with Crippen molar-refractivity contribution >= 4 is 39.2 Å². The van der Waals surface area contributed by atoms with Gasteiger partial charge in [0.05, 0.1) is 29.0 Å². The molecule has 206 valence electrons. The first-order chi connectivity index (χ1) is 18.5. The van der Waals surface area contributed by atoms with Crippen molar-refractivity contribution in [2.24, 2.45) is 0 Å². The van der Waals surface area contributed by atoms with E-state index in [1.807, 2.05) is 17.8 Å². The number of hydrogen-bond acceptors (Lipinski definition) is 10. The second-order valence-electron chi connectivity index (χ2n) is 11.3. The Labute approximate surface area is 229 Å². The molecule has 0 bridgehead atoms. The SMILES string of the molecule is Cc1nsc2nc(Nc3cnn(C4CCOCC4)c3)nc(N[C@H]3CC[C@H](N4CCN(C(C)C)CC4)CC3)c12. The van der Waals surface area contributed by atoms with Crippen molar-refractivity contribution in [3.8, 4) is 0 Å². The lowest BCUT2D eigenvalue weighted by Gasteiger charge is -2.43. The van der Waals surface area contributed by atoms with Crippen molar-refractivity contribution in [2.45, 2.75) is 83.5 Å². The van der Waals surface area contributed by atoms with Crippen LogP contribution in [0.1, 0.15) is 64.1 Å². The van der Waals surface area contributed by atoms with Gasteiger partial charge in [-0.2, -0.15) is 19.4 Å². The largest absolute Gasteiger partial charge is 0.381 e. The van der Waals surface area contributed by atoms with Gasteiger partial charge in [-0.05, 0) is 70.8 Å². The van der Waals surface area contributed by atoms with Gasteiger partial charge in [0.1, 0.15) is 5.82 Å². The van der Waals surface area contributed by atoms with Crippen molar-refractivity contribution in [2.75, 3.05) is 50.0 Å². The molecule has 10 nitrogen and oxygen atoms in total. The number of piperazine rings is 1. The number of hydrogen-bond donors (Lipinski definition) is 2. The van der Waals surface area contributed by atoms with Gasteiger partial charge in [0, 0.05) is 63.7 Å². The molecule has 1 saturated carbocycles. The van der Waals surface area contributed by atoms with Crippen molar-refractivity contribution in [3.63, 3.8) is 0 Å². The first-order valence-electron chi connectivity index (χ1n) is 14.3. The van der Waals surface area contributed by atoms with Crippen LogP contribution in [0.2, 0.25) is 0 Å². The molecule has 0 radical (unpaired) electrons. The highest BCUT2D eigenvalue weighted by atomic mass is 32.1. The smallest absolute Gasteiger partial charge is 0.230 e. The number of aryl methyl sites for hydroxylation is 1. The van der Waals surface area contributed by atoms with E-state index in [2.05, 4.69) is 49.9 Å². The molecule has 2 N–H and O–H groups in total. The Morgan fingerprint density at radius 2 is 1.74 bits per heavy atom. The summed E-state index contributed by atoms with van der Waals surface area (Å²) >= 11 is 1.44. The van der Waals surface area contributed by atoms with Gasteiger partial charge in [-0.15, -0.1) is 0 Å². The summed E-state index contributed by atoms with van der Waals surface area (Å²) in [5, 5.41) is 12.8. The lowest BCUT2D eigenvalue weighted by Crippen LogP contribution is -2.53. The Morgan fingerprint density at radius 1 is 0.974 bits per heavy atom. The summed E-state index contributed by atoms with van der Waals surface area (Å²) in [6.07, 6.45) is 10.7. The predicted molar refractivity (Wildman–Crippen MR) is 152 cm³/mol. The van der Waals surface area contributed by atoms with Crippen molar-refractivity contribution in [1.29, 1.82) is 0 Å². The minimum atomic E-state index is 0.387. The van der Waals surface area contributed by atoms with E-state index < -0.39 is 0 Å². The topological polar surface area (TPSA) is 96.3 Å². The van der Waals surface area contributed by atoms with Gasteiger partial charge in [0.15, 0.2) is 4.83 Å². The van der Waals surface area contributed by atoms with Crippen LogP contribution >= 0.6 is 11.5 Å². The minimum absolute atomic E-state index is 0.387. The molecular weight excluding hydrogens is 498 g/mol. The zero-order valence-electron chi connectivity index (χ0n) is 22.9. The predicted octanol–water partition coefficient (Wildman–Crippen LogP) is 4.44. The molecule has 0 spiro atoms. The van der Waals surface area contributed by atoms with E-state index in [0.29, 0.717) is 30.1 Å². The van der Waals surface area contributed by atoms with Crippen LogP contribution in [-0.2, 0) is 4.74 Å². The third-order valence-electron chi connectivity index (χ3n) is 8.56. The van der Waals surface area contributed by atoms with Crippen LogP contribution in [0.4, 0.5) is 17.5 Å². The molecule has 0 amide bonds. The summed E-state index contributed by atoms with van der Waals surface area (Å²) < 4.78 is 12.1. The monoisotopic (exact) mass is 539 g/mol. The number of rotatable bonds is 7. The van der Waals surface area contributed by atoms with Gasteiger partial charge in [0.25, 0.3) is 0 Å². The molecule has 3 aromatic rings. The normalized spacial score (nSPS) is 24.3. The van der Waals surface area contributed by atoms with Gasteiger partial charge in [-0.3, -0.25) is 14.5 Å². The molecule has 2 aliphatic heterocycles. The molecule has 5 heterocycles. The van der Waals surface area contributed by atoms with Gasteiger partial charge in [0.2, 0.25) is 5.95 Å². The fraction of sp³-hybridized carbons (Fsp3) is 0.704. The maximum absolute atomic E-state index is 5.50. The van der Waals surface area contributed by atoms with E-state index in [1.165, 1.54) is 50.6 Å². The van der Waals surface area contributed by atoms with Crippen LogP contribution in [0.15, 0.2) is 12.4 Å². The van der Waals surface area contributed by atoms with E-state index in [9.17, 15) is 0 Å². The molecule has 0 unspecified atom stereocenters. The van der Waals surface area contributed by atoms with Crippen LogP contribution in [0.25, 0.3) is 10.2 Å². The van der Waals surface area contributed by atoms with E-state index in [0.717, 1.165) is 66.3 Å². The summed E-state index contributed by atoms with van der Waals surface area (Å²) in [6, 6.07) is 2.17. The van der Waals surface area contributed by atoms with E-state index >= 15 is 0 Å². The Bertz CT molecular complexity index is 1200. The Balaban J connectivity index is 1.11. The summed E-state index contributed by atoms with van der Waals surface area (Å²) in [6.45, 7) is 13.1. The van der Waals surface area contributed by atoms with Crippen molar-refractivity contribution in [3.05, 3.63) is 18.1 Å². The Hall–Kier alpha value is -2.34. The highest BCUT2D eigenvalue weighted by Gasteiger charge is 2.29. The summed E-state index contributed by atoms with van der Waals surface area (Å²) in [7, 11) is 0. The lowest BCUT2D eigenvalue weighted by atomic mass is 9.89. The third kappa shape index (κ3) is 5.66. The van der Waals surface area contributed by atoms with Gasteiger partial charge in [-0.25, -0.2) is 0 Å². The number of anilines is 3. The molecular formula is C27H41N9OS. The maximum atomic E-state index is 5.50. The van der Waals surface area contributed by atoms with Crippen LogP contribution < -0.4 is 10.6 Å². The number of ether oxygens (including phenoxy) is 1. The zero-order chi connectivity index (χ0) is 26.1. The molecule has 38 heavy (non-hydrogen) atoms. The number of aromatic nitrogens is 5. The van der Waals surface area contributed by atoms with Crippen LogP contribution in [-0.4, -0.2) is 91.4 Å². The highest BCUT2D eigenvalue weighted by Crippen LogP contribution is 2.32. The molecule has 2 saturated heterocycles. The maximum Gasteiger partial charge on any atom is 0.230 e. The van der Waals surface area contributed by atoms with E-state index in [1.54, 1.807) is 0 Å². The molecule has 0 atom stereocenters. The fourth-order valence-corrected chi connectivity index (χ4v) is 7.01. The van der Waals surface area contributed by atoms with Crippen molar-refractivity contribution in [1.82, 2.24) is 33.9 Å². The zero-order valence-corrected chi connectivity index (χ0v) is 23.7. The standard InChI is InChI=1S/C27H41N9OS/c1-18(2)34-10-12-35(13-11-34)22-6-4-20(5-7-22)29-25-24-19(3)33-38-26(24)32-27(31-25)30-21-16-28-36(17-21)23-8-14-37-15-9-23/h16-18,20,22-23H,4-15H2,1-3H3,(H2,29,30,31,32)/t20-,22-. The van der Waals surface area contributed by atoms with Crippen LogP contribution in [0, 0.1) is 6.92 Å². The van der Waals surface area contributed by atoms with Crippen molar-refractivity contribution < 1.29 is 4.74 Å².